The number of rotatable bonds is 0. The Hall–Kier alpha value is -2.30. The van der Waals surface area contributed by atoms with Gasteiger partial charge < -0.3 is 9.67 Å². The van der Waals surface area contributed by atoms with Crippen LogP contribution in [-0.2, 0) is 7.05 Å². The minimum absolute atomic E-state index is 0.0513. The lowest BCUT2D eigenvalue weighted by atomic mass is 10.2. The van der Waals surface area contributed by atoms with Gasteiger partial charge in [0.15, 0.2) is 11.4 Å². The molecule has 1 aromatic carbocycles. The van der Waals surface area contributed by atoms with Gasteiger partial charge in [-0.05, 0) is 19.1 Å². The SMILES string of the molecule is Cc1nn2c(=O)c3ccccc3n(C)c2c1O. The van der Waals surface area contributed by atoms with Crippen molar-refractivity contribution in [2.24, 2.45) is 7.05 Å². The van der Waals surface area contributed by atoms with Gasteiger partial charge in [0.1, 0.15) is 5.69 Å². The maximum Gasteiger partial charge on any atom is 0.282 e. The molecule has 3 aromatic rings. The Labute approximate surface area is 96.5 Å². The number of fused-ring (bicyclic) bond motifs is 2. The number of para-hydroxylation sites is 1. The van der Waals surface area contributed by atoms with E-state index in [1.807, 2.05) is 18.2 Å². The Kier molecular flexibility index (Phi) is 1.80. The van der Waals surface area contributed by atoms with Crippen LogP contribution < -0.4 is 5.56 Å². The summed E-state index contributed by atoms with van der Waals surface area (Å²) in [5, 5.41) is 14.6. The Morgan fingerprint density at radius 1 is 1.29 bits per heavy atom. The highest BCUT2D eigenvalue weighted by Crippen LogP contribution is 2.23. The number of nitrogens with zero attached hydrogens (tertiary/aromatic N) is 3. The van der Waals surface area contributed by atoms with Crippen LogP contribution in [0.15, 0.2) is 29.1 Å². The standard InChI is InChI=1S/C12H11N3O2/c1-7-10(16)11-14(2)9-6-4-3-5-8(9)12(17)15(11)13-7/h3-6,16H,1-2H3. The summed E-state index contributed by atoms with van der Waals surface area (Å²) in [4.78, 5) is 12.2. The minimum Gasteiger partial charge on any atom is -0.503 e. The van der Waals surface area contributed by atoms with Gasteiger partial charge in [-0.2, -0.15) is 9.61 Å². The fourth-order valence-electron chi connectivity index (χ4n) is 2.12. The summed E-state index contributed by atoms with van der Waals surface area (Å²) in [5.74, 6) is 0.0513. The van der Waals surface area contributed by atoms with Crippen LogP contribution in [0.1, 0.15) is 5.69 Å². The maximum absolute atomic E-state index is 12.2. The van der Waals surface area contributed by atoms with Gasteiger partial charge in [-0.3, -0.25) is 4.79 Å². The molecule has 17 heavy (non-hydrogen) atoms. The van der Waals surface area contributed by atoms with Gasteiger partial charge >= 0.3 is 0 Å². The first kappa shape index (κ1) is 9.89. The number of aromatic hydroxyl groups is 1. The van der Waals surface area contributed by atoms with E-state index in [4.69, 9.17) is 0 Å². The molecular weight excluding hydrogens is 218 g/mol. The molecule has 0 aliphatic rings. The molecule has 0 spiro atoms. The van der Waals surface area contributed by atoms with Crippen molar-refractivity contribution in [3.8, 4) is 5.75 Å². The van der Waals surface area contributed by atoms with Gasteiger partial charge in [0.05, 0.1) is 10.9 Å². The zero-order valence-corrected chi connectivity index (χ0v) is 9.51. The number of aromatic nitrogens is 3. The fraction of sp³-hybridized carbons (Fsp3) is 0.167. The van der Waals surface area contributed by atoms with Gasteiger partial charge in [0.2, 0.25) is 0 Å². The maximum atomic E-state index is 12.2. The summed E-state index contributed by atoms with van der Waals surface area (Å²) in [7, 11) is 1.80. The lowest BCUT2D eigenvalue weighted by Crippen LogP contribution is -2.18. The molecule has 2 aromatic heterocycles. The summed E-state index contributed by atoms with van der Waals surface area (Å²) >= 11 is 0. The molecule has 0 aliphatic carbocycles. The highest BCUT2D eigenvalue weighted by molar-refractivity contribution is 5.81. The number of benzene rings is 1. The van der Waals surface area contributed by atoms with Crippen LogP contribution in [0.3, 0.4) is 0 Å². The number of hydrogen-bond acceptors (Lipinski definition) is 3. The van der Waals surface area contributed by atoms with Crippen molar-refractivity contribution in [2.75, 3.05) is 0 Å². The van der Waals surface area contributed by atoms with Crippen LogP contribution in [0.2, 0.25) is 0 Å². The summed E-state index contributed by atoms with van der Waals surface area (Å²) in [6.07, 6.45) is 0. The molecule has 0 saturated carbocycles. The molecule has 0 fully saturated rings. The largest absolute Gasteiger partial charge is 0.503 e. The third kappa shape index (κ3) is 1.13. The molecular formula is C12H11N3O2. The molecule has 0 radical (unpaired) electrons. The predicted octanol–water partition coefficient (Wildman–Crippen LogP) is 1.20. The summed E-state index contributed by atoms with van der Waals surface area (Å²) < 4.78 is 3.01. The third-order valence-electron chi connectivity index (χ3n) is 3.01. The van der Waals surface area contributed by atoms with Gasteiger partial charge in [-0.25, -0.2) is 0 Å². The van der Waals surface area contributed by atoms with E-state index in [1.54, 1.807) is 24.6 Å². The first-order valence-corrected chi connectivity index (χ1v) is 5.27. The van der Waals surface area contributed by atoms with Crippen molar-refractivity contribution >= 4 is 16.6 Å². The van der Waals surface area contributed by atoms with Crippen molar-refractivity contribution < 1.29 is 5.11 Å². The molecule has 1 N–H and O–H groups in total. The molecule has 2 heterocycles. The van der Waals surface area contributed by atoms with E-state index in [9.17, 15) is 9.90 Å². The van der Waals surface area contributed by atoms with Crippen molar-refractivity contribution in [3.63, 3.8) is 0 Å². The zero-order chi connectivity index (χ0) is 12.2. The third-order valence-corrected chi connectivity index (χ3v) is 3.01. The van der Waals surface area contributed by atoms with Gasteiger partial charge in [-0.15, -0.1) is 0 Å². The van der Waals surface area contributed by atoms with Gasteiger partial charge in [0.25, 0.3) is 5.56 Å². The quantitative estimate of drug-likeness (QED) is 0.630. The smallest absolute Gasteiger partial charge is 0.282 e. The van der Waals surface area contributed by atoms with Crippen molar-refractivity contribution in [3.05, 3.63) is 40.3 Å². The van der Waals surface area contributed by atoms with Crippen LogP contribution in [0.25, 0.3) is 16.6 Å². The lowest BCUT2D eigenvalue weighted by molar-refractivity contribution is 0.474. The number of aryl methyl sites for hydroxylation is 2. The molecule has 0 bridgehead atoms. The van der Waals surface area contributed by atoms with Crippen molar-refractivity contribution in [2.45, 2.75) is 6.92 Å². The normalized spacial score (nSPS) is 11.4. The number of hydrogen-bond donors (Lipinski definition) is 1. The second kappa shape index (κ2) is 3.10. The van der Waals surface area contributed by atoms with Crippen LogP contribution in [0.5, 0.6) is 5.75 Å². The molecule has 3 rings (SSSR count). The van der Waals surface area contributed by atoms with E-state index in [1.165, 1.54) is 4.52 Å². The average molecular weight is 229 g/mol. The van der Waals surface area contributed by atoms with Gasteiger partial charge in [0, 0.05) is 7.05 Å². The summed E-state index contributed by atoms with van der Waals surface area (Å²) in [6.45, 7) is 1.67. The van der Waals surface area contributed by atoms with E-state index in [0.29, 0.717) is 16.7 Å². The summed E-state index contributed by atoms with van der Waals surface area (Å²) in [5.41, 5.74) is 1.44. The zero-order valence-electron chi connectivity index (χ0n) is 9.51. The van der Waals surface area contributed by atoms with Gasteiger partial charge in [-0.1, -0.05) is 12.1 Å². The second-order valence-electron chi connectivity index (χ2n) is 4.05. The average Bonchev–Trinajstić information content (AvgIpc) is 2.64. The summed E-state index contributed by atoms with van der Waals surface area (Å²) in [6, 6.07) is 7.27. The van der Waals surface area contributed by atoms with E-state index in [2.05, 4.69) is 5.10 Å². The van der Waals surface area contributed by atoms with E-state index in [0.717, 1.165) is 5.52 Å². The molecule has 0 atom stereocenters. The molecule has 0 amide bonds. The van der Waals surface area contributed by atoms with Crippen LogP contribution >= 0.6 is 0 Å². The second-order valence-corrected chi connectivity index (χ2v) is 4.05. The van der Waals surface area contributed by atoms with E-state index < -0.39 is 0 Å². The Bertz CT molecular complexity index is 799. The van der Waals surface area contributed by atoms with Crippen LogP contribution in [-0.4, -0.2) is 19.3 Å². The molecule has 0 aliphatic heterocycles. The Balaban J connectivity index is 2.73. The molecule has 0 saturated heterocycles. The van der Waals surface area contributed by atoms with Crippen molar-refractivity contribution in [1.82, 2.24) is 14.2 Å². The Morgan fingerprint density at radius 2 is 2.00 bits per heavy atom. The predicted molar refractivity (Wildman–Crippen MR) is 64.3 cm³/mol. The molecule has 5 nitrogen and oxygen atoms in total. The highest BCUT2D eigenvalue weighted by atomic mass is 16.3. The topological polar surface area (TPSA) is 59.5 Å². The monoisotopic (exact) mass is 229 g/mol. The minimum atomic E-state index is -0.211. The van der Waals surface area contributed by atoms with E-state index >= 15 is 0 Å². The fourth-order valence-corrected chi connectivity index (χ4v) is 2.12. The Morgan fingerprint density at radius 3 is 2.76 bits per heavy atom. The highest BCUT2D eigenvalue weighted by Gasteiger charge is 2.15. The lowest BCUT2D eigenvalue weighted by Gasteiger charge is -2.07. The first-order valence-electron chi connectivity index (χ1n) is 5.27. The molecule has 5 heteroatoms. The van der Waals surface area contributed by atoms with E-state index in [-0.39, 0.29) is 11.3 Å². The van der Waals surface area contributed by atoms with Crippen molar-refractivity contribution in [1.29, 1.82) is 0 Å². The molecule has 0 unspecified atom stereocenters. The molecule has 86 valence electrons. The van der Waals surface area contributed by atoms with Crippen LogP contribution in [0.4, 0.5) is 0 Å². The first-order chi connectivity index (χ1) is 8.11. The van der Waals surface area contributed by atoms with Crippen LogP contribution in [0, 0.1) is 6.92 Å².